The van der Waals surface area contributed by atoms with E-state index < -0.39 is 35.1 Å². The number of hydrogen-bond acceptors (Lipinski definition) is 6. The molecule has 1 aliphatic rings. The van der Waals surface area contributed by atoms with Gasteiger partial charge in [0.2, 0.25) is 0 Å². The molecule has 2 aromatic carbocycles. The molecule has 2 unspecified atom stereocenters. The Morgan fingerprint density at radius 3 is 2.71 bits per heavy atom. The van der Waals surface area contributed by atoms with Gasteiger partial charge in [0.15, 0.2) is 0 Å². The molecule has 0 saturated carbocycles. The minimum absolute atomic E-state index is 0.0368. The van der Waals surface area contributed by atoms with Crippen molar-refractivity contribution in [1.29, 1.82) is 5.26 Å². The second kappa shape index (κ2) is 7.79. The van der Waals surface area contributed by atoms with E-state index in [0.29, 0.717) is 13.1 Å². The van der Waals surface area contributed by atoms with Crippen LogP contribution in [-0.2, 0) is 12.7 Å². The molecule has 5 nitrogen and oxygen atoms in total. The van der Waals surface area contributed by atoms with Crippen LogP contribution >= 0.6 is 11.3 Å². The highest BCUT2D eigenvalue weighted by Gasteiger charge is 2.48. The van der Waals surface area contributed by atoms with Crippen LogP contribution in [0.2, 0.25) is 0 Å². The standard InChI is InChI=1S/C22H20F3N3O2S/c1-21(2)12-28(11-18-27-16-5-3-4-6-17(16)31-18)20(29)19(21)30-14-8-7-13(10-26)15(9-14)22(23,24)25/h3-9,19-20,29H,11-12H2,1-2H3. The first-order chi connectivity index (χ1) is 14.6. The van der Waals surface area contributed by atoms with E-state index in [1.807, 2.05) is 43.0 Å². The molecule has 4 rings (SSSR count). The van der Waals surface area contributed by atoms with Crippen LogP contribution in [0.1, 0.15) is 30.0 Å². The molecule has 3 aromatic rings. The van der Waals surface area contributed by atoms with Crippen LogP contribution in [0.25, 0.3) is 10.2 Å². The minimum Gasteiger partial charge on any atom is -0.486 e. The Balaban J connectivity index is 1.56. The smallest absolute Gasteiger partial charge is 0.417 e. The van der Waals surface area contributed by atoms with Crippen LogP contribution < -0.4 is 4.74 Å². The van der Waals surface area contributed by atoms with Gasteiger partial charge in [-0.05, 0) is 30.3 Å². The number of ether oxygens (including phenoxy) is 1. The van der Waals surface area contributed by atoms with Gasteiger partial charge < -0.3 is 9.84 Å². The molecule has 2 heterocycles. The maximum atomic E-state index is 13.3. The van der Waals surface area contributed by atoms with Crippen molar-refractivity contribution in [3.05, 3.63) is 58.6 Å². The fourth-order valence-electron chi connectivity index (χ4n) is 3.91. The maximum absolute atomic E-state index is 13.3. The first kappa shape index (κ1) is 21.6. The van der Waals surface area contributed by atoms with Crippen molar-refractivity contribution >= 4 is 21.6 Å². The van der Waals surface area contributed by atoms with Gasteiger partial charge in [0.05, 0.1) is 34.0 Å². The van der Waals surface area contributed by atoms with Crippen molar-refractivity contribution in [2.75, 3.05) is 6.54 Å². The van der Waals surface area contributed by atoms with E-state index in [-0.39, 0.29) is 5.75 Å². The predicted octanol–water partition coefficient (Wildman–Crippen LogP) is 4.79. The topological polar surface area (TPSA) is 69.4 Å². The summed E-state index contributed by atoms with van der Waals surface area (Å²) >= 11 is 1.54. The first-order valence-corrected chi connectivity index (χ1v) is 10.4. The molecular formula is C22H20F3N3O2S. The van der Waals surface area contributed by atoms with Gasteiger partial charge in [0, 0.05) is 12.0 Å². The summed E-state index contributed by atoms with van der Waals surface area (Å²) in [5.74, 6) is -0.0368. The van der Waals surface area contributed by atoms with Crippen LogP contribution in [-0.4, -0.2) is 33.9 Å². The lowest BCUT2D eigenvalue weighted by atomic mass is 9.89. The number of nitrogens with zero attached hydrogens (tertiary/aromatic N) is 3. The predicted molar refractivity (Wildman–Crippen MR) is 110 cm³/mol. The number of halogens is 3. The van der Waals surface area contributed by atoms with Crippen molar-refractivity contribution in [2.45, 2.75) is 38.9 Å². The summed E-state index contributed by atoms with van der Waals surface area (Å²) in [7, 11) is 0. The summed E-state index contributed by atoms with van der Waals surface area (Å²) in [6.07, 6.45) is -6.45. The number of nitriles is 1. The number of benzene rings is 2. The van der Waals surface area contributed by atoms with Gasteiger partial charge in [0.25, 0.3) is 0 Å². The normalized spacial score (nSPS) is 21.3. The van der Waals surface area contributed by atoms with Gasteiger partial charge >= 0.3 is 6.18 Å². The zero-order valence-electron chi connectivity index (χ0n) is 16.8. The van der Waals surface area contributed by atoms with Crippen LogP contribution in [0.4, 0.5) is 13.2 Å². The highest BCUT2D eigenvalue weighted by Crippen LogP contribution is 2.40. The molecule has 9 heteroatoms. The lowest BCUT2D eigenvalue weighted by molar-refractivity contribution is -0.138. The average molecular weight is 447 g/mol. The number of hydrogen-bond donors (Lipinski definition) is 1. The van der Waals surface area contributed by atoms with Gasteiger partial charge in [-0.2, -0.15) is 18.4 Å². The molecule has 0 bridgehead atoms. The summed E-state index contributed by atoms with van der Waals surface area (Å²) in [6, 6.07) is 12.5. The van der Waals surface area contributed by atoms with E-state index in [1.54, 1.807) is 6.07 Å². The summed E-state index contributed by atoms with van der Waals surface area (Å²) in [5, 5.41) is 20.7. The van der Waals surface area contributed by atoms with E-state index in [9.17, 15) is 18.3 Å². The fourth-order valence-corrected chi connectivity index (χ4v) is 4.90. The molecular weight excluding hydrogens is 427 g/mol. The molecule has 0 radical (unpaired) electrons. The lowest BCUT2D eigenvalue weighted by Gasteiger charge is -2.28. The zero-order chi connectivity index (χ0) is 22.4. The summed E-state index contributed by atoms with van der Waals surface area (Å²) in [6.45, 7) is 4.68. The number of alkyl halides is 3. The zero-order valence-corrected chi connectivity index (χ0v) is 17.7. The average Bonchev–Trinajstić information content (AvgIpc) is 3.20. The number of aliphatic hydroxyl groups is 1. The monoisotopic (exact) mass is 447 g/mol. The Kier molecular flexibility index (Phi) is 5.41. The molecule has 0 aliphatic carbocycles. The maximum Gasteiger partial charge on any atom is 0.417 e. The molecule has 1 saturated heterocycles. The van der Waals surface area contributed by atoms with Crippen molar-refractivity contribution in [3.63, 3.8) is 0 Å². The molecule has 1 aromatic heterocycles. The van der Waals surface area contributed by atoms with E-state index in [0.717, 1.165) is 27.4 Å². The number of para-hydroxylation sites is 1. The van der Waals surface area contributed by atoms with E-state index in [2.05, 4.69) is 4.98 Å². The van der Waals surface area contributed by atoms with Crippen LogP contribution in [0.15, 0.2) is 42.5 Å². The van der Waals surface area contributed by atoms with Crippen LogP contribution in [0.3, 0.4) is 0 Å². The van der Waals surface area contributed by atoms with Gasteiger partial charge in [-0.25, -0.2) is 4.98 Å². The molecule has 0 spiro atoms. The highest BCUT2D eigenvalue weighted by atomic mass is 32.1. The summed E-state index contributed by atoms with van der Waals surface area (Å²) in [4.78, 5) is 6.41. The third kappa shape index (κ3) is 4.24. The Morgan fingerprint density at radius 2 is 2.03 bits per heavy atom. The van der Waals surface area contributed by atoms with Crippen molar-refractivity contribution in [1.82, 2.24) is 9.88 Å². The number of aliphatic hydroxyl groups excluding tert-OH is 1. The summed E-state index contributed by atoms with van der Waals surface area (Å²) in [5.41, 5.74) is -1.16. The van der Waals surface area contributed by atoms with Gasteiger partial charge in [-0.15, -0.1) is 11.3 Å². The fraction of sp³-hybridized carbons (Fsp3) is 0.364. The second-order valence-electron chi connectivity index (χ2n) is 8.24. The summed E-state index contributed by atoms with van der Waals surface area (Å²) < 4.78 is 46.7. The Morgan fingerprint density at radius 1 is 1.29 bits per heavy atom. The molecule has 1 N–H and O–H groups in total. The van der Waals surface area contributed by atoms with E-state index in [4.69, 9.17) is 10.00 Å². The van der Waals surface area contributed by atoms with Crippen LogP contribution in [0, 0.1) is 16.7 Å². The molecule has 1 aliphatic heterocycles. The number of rotatable bonds is 4. The highest BCUT2D eigenvalue weighted by molar-refractivity contribution is 7.18. The SMILES string of the molecule is CC1(C)CN(Cc2nc3ccccc3s2)C(O)C1Oc1ccc(C#N)c(C(F)(F)F)c1. The molecule has 1 fully saturated rings. The number of likely N-dealkylation sites (tertiary alicyclic amines) is 1. The van der Waals surface area contributed by atoms with Gasteiger partial charge in [-0.1, -0.05) is 26.0 Å². The van der Waals surface area contributed by atoms with E-state index >= 15 is 0 Å². The number of thiazole rings is 1. The first-order valence-electron chi connectivity index (χ1n) is 9.63. The second-order valence-corrected chi connectivity index (χ2v) is 9.35. The number of fused-ring (bicyclic) bond motifs is 1. The third-order valence-corrected chi connectivity index (χ3v) is 6.40. The number of aromatic nitrogens is 1. The Hall–Kier alpha value is -2.67. The third-order valence-electron chi connectivity index (χ3n) is 5.38. The molecule has 162 valence electrons. The van der Waals surface area contributed by atoms with E-state index in [1.165, 1.54) is 17.4 Å². The largest absolute Gasteiger partial charge is 0.486 e. The van der Waals surface area contributed by atoms with Crippen molar-refractivity contribution < 1.29 is 23.0 Å². The molecule has 2 atom stereocenters. The lowest BCUT2D eigenvalue weighted by Crippen LogP contribution is -2.40. The van der Waals surface area contributed by atoms with Crippen LogP contribution in [0.5, 0.6) is 5.75 Å². The van der Waals surface area contributed by atoms with Gasteiger partial charge in [-0.3, -0.25) is 4.90 Å². The quantitative estimate of drug-likeness (QED) is 0.623. The Bertz CT molecular complexity index is 1120. The molecule has 0 amide bonds. The van der Waals surface area contributed by atoms with Crippen molar-refractivity contribution in [3.8, 4) is 11.8 Å². The molecule has 31 heavy (non-hydrogen) atoms. The van der Waals surface area contributed by atoms with Crippen molar-refractivity contribution in [2.24, 2.45) is 5.41 Å². The minimum atomic E-state index is -4.67. The van der Waals surface area contributed by atoms with Gasteiger partial charge in [0.1, 0.15) is 23.1 Å². The Labute approximate surface area is 181 Å².